The van der Waals surface area contributed by atoms with Crippen LogP contribution in [-0.2, 0) is 9.63 Å². The number of nitrogens with one attached hydrogen (secondary N) is 1. The van der Waals surface area contributed by atoms with E-state index in [1.807, 2.05) is 49.4 Å². The lowest BCUT2D eigenvalue weighted by Crippen LogP contribution is -2.29. The number of aromatic nitrogens is 2. The minimum atomic E-state index is -0.735. The van der Waals surface area contributed by atoms with Crippen molar-refractivity contribution in [2.45, 2.75) is 19.4 Å². The van der Waals surface area contributed by atoms with Crippen LogP contribution in [0.15, 0.2) is 59.8 Å². The molecule has 1 atom stereocenters. The first-order chi connectivity index (χ1) is 14.0. The topological polar surface area (TPSA) is 77.7 Å². The number of ether oxygens (including phenoxy) is 1. The van der Waals surface area contributed by atoms with Gasteiger partial charge in [-0.05, 0) is 37.3 Å². The van der Waals surface area contributed by atoms with Crippen LogP contribution >= 0.6 is 11.6 Å². The highest BCUT2D eigenvalue weighted by Crippen LogP contribution is 2.25. The van der Waals surface area contributed by atoms with Crippen molar-refractivity contribution in [2.24, 2.45) is 5.16 Å². The number of halogens is 1. The highest BCUT2D eigenvalue weighted by molar-refractivity contribution is 6.34. The second kappa shape index (κ2) is 7.97. The molecule has 0 unspecified atom stereocenters. The Bertz CT molecular complexity index is 1080. The van der Waals surface area contributed by atoms with Gasteiger partial charge >= 0.3 is 0 Å². The van der Waals surface area contributed by atoms with Crippen molar-refractivity contribution in [3.05, 3.63) is 70.9 Å². The molecule has 4 rings (SSSR count). The number of aryl methyl sites for hydroxylation is 1. The van der Waals surface area contributed by atoms with Crippen LogP contribution in [0.3, 0.4) is 0 Å². The van der Waals surface area contributed by atoms with E-state index in [1.54, 1.807) is 23.9 Å². The summed E-state index contributed by atoms with van der Waals surface area (Å²) in [6.07, 6.45) is -0.397. The van der Waals surface area contributed by atoms with E-state index < -0.39 is 6.10 Å². The molecule has 3 aromatic rings. The van der Waals surface area contributed by atoms with Crippen LogP contribution in [0, 0.1) is 6.92 Å². The Morgan fingerprint density at radius 1 is 1.24 bits per heavy atom. The molecule has 0 spiro atoms. The summed E-state index contributed by atoms with van der Waals surface area (Å²) >= 11 is 6.22. The van der Waals surface area contributed by atoms with Crippen LogP contribution in [-0.4, -0.2) is 34.6 Å². The number of anilines is 1. The number of amides is 1. The lowest BCUT2D eigenvalue weighted by atomic mass is 10.0. The summed E-state index contributed by atoms with van der Waals surface area (Å²) in [6, 6.07) is 16.5. The maximum Gasteiger partial charge on any atom is 0.269 e. The molecule has 0 fully saturated rings. The third kappa shape index (κ3) is 3.95. The Kier molecular flexibility index (Phi) is 5.22. The van der Waals surface area contributed by atoms with Crippen molar-refractivity contribution >= 4 is 29.0 Å². The van der Waals surface area contributed by atoms with E-state index in [2.05, 4.69) is 15.6 Å². The van der Waals surface area contributed by atoms with Crippen LogP contribution in [0.5, 0.6) is 5.75 Å². The molecule has 0 aliphatic carbocycles. The number of hydrogen-bond donors (Lipinski definition) is 1. The van der Waals surface area contributed by atoms with Crippen molar-refractivity contribution in [1.82, 2.24) is 9.78 Å². The third-order valence-corrected chi connectivity index (χ3v) is 4.88. The molecular formula is C21H19ClN4O3. The number of oxime groups is 1. The summed E-state index contributed by atoms with van der Waals surface area (Å²) in [5.41, 5.74) is 2.99. The Hall–Kier alpha value is -3.32. The van der Waals surface area contributed by atoms with E-state index in [1.165, 1.54) is 0 Å². The van der Waals surface area contributed by atoms with Crippen LogP contribution in [0.2, 0.25) is 5.02 Å². The first-order valence-corrected chi connectivity index (χ1v) is 9.42. The molecule has 1 aliphatic heterocycles. The van der Waals surface area contributed by atoms with Gasteiger partial charge in [-0.15, -0.1) is 0 Å². The molecule has 0 saturated carbocycles. The molecule has 0 bridgehead atoms. The van der Waals surface area contributed by atoms with Gasteiger partial charge < -0.3 is 14.9 Å². The van der Waals surface area contributed by atoms with Gasteiger partial charge in [-0.2, -0.15) is 5.10 Å². The fraction of sp³-hybridized carbons (Fsp3) is 0.190. The Labute approximate surface area is 172 Å². The number of rotatable bonds is 5. The van der Waals surface area contributed by atoms with Crippen LogP contribution in [0.1, 0.15) is 17.7 Å². The zero-order valence-corrected chi connectivity index (χ0v) is 16.7. The summed E-state index contributed by atoms with van der Waals surface area (Å²) in [4.78, 5) is 18.1. The first kappa shape index (κ1) is 19.0. The molecule has 148 valence electrons. The van der Waals surface area contributed by atoms with Crippen LogP contribution in [0.25, 0.3) is 5.69 Å². The van der Waals surface area contributed by atoms with Gasteiger partial charge in [0.1, 0.15) is 11.6 Å². The van der Waals surface area contributed by atoms with Gasteiger partial charge in [0.05, 0.1) is 24.2 Å². The molecule has 1 aliphatic rings. The van der Waals surface area contributed by atoms with Crippen molar-refractivity contribution in [2.75, 3.05) is 12.4 Å². The van der Waals surface area contributed by atoms with Crippen molar-refractivity contribution in [3.8, 4) is 11.4 Å². The number of methoxy groups -OCH3 is 1. The Morgan fingerprint density at radius 3 is 2.72 bits per heavy atom. The average Bonchev–Trinajstić information content (AvgIpc) is 3.35. The molecule has 2 aromatic carbocycles. The predicted octanol–water partition coefficient (Wildman–Crippen LogP) is 3.97. The van der Waals surface area contributed by atoms with Gasteiger partial charge in [-0.1, -0.05) is 35.0 Å². The summed E-state index contributed by atoms with van der Waals surface area (Å²) < 4.78 is 6.85. The summed E-state index contributed by atoms with van der Waals surface area (Å²) in [7, 11) is 1.61. The second-order valence-corrected chi connectivity index (χ2v) is 6.99. The van der Waals surface area contributed by atoms with Gasteiger partial charge in [0.25, 0.3) is 5.91 Å². The normalized spacial score (nSPS) is 15.6. The summed E-state index contributed by atoms with van der Waals surface area (Å²) in [5, 5.41) is 12.0. The Balaban J connectivity index is 1.49. The van der Waals surface area contributed by atoms with E-state index in [0.29, 0.717) is 23.0 Å². The highest BCUT2D eigenvalue weighted by atomic mass is 35.5. The molecule has 0 radical (unpaired) electrons. The van der Waals surface area contributed by atoms with Gasteiger partial charge in [-0.3, -0.25) is 4.79 Å². The molecule has 8 heteroatoms. The number of hydrogen-bond acceptors (Lipinski definition) is 5. The molecule has 7 nitrogen and oxygen atoms in total. The van der Waals surface area contributed by atoms with Gasteiger partial charge in [0.2, 0.25) is 6.10 Å². The van der Waals surface area contributed by atoms with Crippen molar-refractivity contribution in [3.63, 3.8) is 0 Å². The maximum atomic E-state index is 12.8. The number of carbonyl (C=O) groups excluding carboxylic acids is 1. The van der Waals surface area contributed by atoms with Crippen LogP contribution < -0.4 is 10.1 Å². The lowest BCUT2D eigenvalue weighted by molar-refractivity contribution is -0.125. The van der Waals surface area contributed by atoms with E-state index in [0.717, 1.165) is 22.7 Å². The number of carbonyl (C=O) groups is 1. The van der Waals surface area contributed by atoms with E-state index in [4.69, 9.17) is 21.2 Å². The fourth-order valence-electron chi connectivity index (χ4n) is 3.09. The van der Waals surface area contributed by atoms with E-state index in [-0.39, 0.29) is 5.91 Å². The molecule has 0 saturated heterocycles. The molecule has 2 heterocycles. The number of benzene rings is 2. The van der Waals surface area contributed by atoms with E-state index in [9.17, 15) is 4.79 Å². The monoisotopic (exact) mass is 410 g/mol. The quantitative estimate of drug-likeness (QED) is 0.690. The Morgan fingerprint density at radius 2 is 2.00 bits per heavy atom. The first-order valence-electron chi connectivity index (χ1n) is 9.04. The number of nitrogens with zero attached hydrogens (tertiary/aromatic N) is 3. The minimum absolute atomic E-state index is 0.300. The standard InChI is InChI=1S/C21H19ClN4O3/c1-13-11-20(26(24-13)14-7-9-15(28-2)10-8-14)23-21(27)19-12-18(25-29-19)16-5-3-4-6-17(16)22/h3-11,19H,12H2,1-2H3,(H,23,27)/t19-/m0/s1. The van der Waals surface area contributed by atoms with E-state index >= 15 is 0 Å². The smallest absolute Gasteiger partial charge is 0.269 e. The highest BCUT2D eigenvalue weighted by Gasteiger charge is 2.30. The molecule has 29 heavy (non-hydrogen) atoms. The maximum absolute atomic E-state index is 12.8. The predicted molar refractivity (Wildman–Crippen MR) is 111 cm³/mol. The SMILES string of the molecule is COc1ccc(-n2nc(C)cc2NC(=O)[C@@H]2CC(c3ccccc3Cl)=NO2)cc1. The molecule has 1 aromatic heterocycles. The zero-order valence-electron chi connectivity index (χ0n) is 15.9. The molecule has 1 amide bonds. The molecule has 1 N–H and O–H groups in total. The summed E-state index contributed by atoms with van der Waals surface area (Å²) in [6.45, 7) is 1.86. The minimum Gasteiger partial charge on any atom is -0.497 e. The summed E-state index contributed by atoms with van der Waals surface area (Å²) in [5.74, 6) is 0.991. The van der Waals surface area contributed by atoms with Crippen LogP contribution in [0.4, 0.5) is 5.82 Å². The van der Waals surface area contributed by atoms with Gasteiger partial charge in [0.15, 0.2) is 0 Å². The second-order valence-electron chi connectivity index (χ2n) is 6.59. The zero-order chi connectivity index (χ0) is 20.4. The average molecular weight is 411 g/mol. The molecular weight excluding hydrogens is 392 g/mol. The van der Waals surface area contributed by atoms with Gasteiger partial charge in [-0.25, -0.2) is 4.68 Å². The van der Waals surface area contributed by atoms with Crippen molar-refractivity contribution < 1.29 is 14.4 Å². The third-order valence-electron chi connectivity index (χ3n) is 4.55. The van der Waals surface area contributed by atoms with Crippen molar-refractivity contribution in [1.29, 1.82) is 0 Å². The fourth-order valence-corrected chi connectivity index (χ4v) is 3.33. The largest absolute Gasteiger partial charge is 0.497 e. The lowest BCUT2D eigenvalue weighted by Gasteiger charge is -2.12. The van der Waals surface area contributed by atoms with Gasteiger partial charge in [0, 0.05) is 23.1 Å².